The third-order valence-corrected chi connectivity index (χ3v) is 5.42. The smallest absolute Gasteiger partial charge is 0.258 e. The number of nitrogens with zero attached hydrogens (tertiary/aromatic N) is 4. The van der Waals surface area contributed by atoms with Crippen molar-refractivity contribution in [1.29, 1.82) is 0 Å². The van der Waals surface area contributed by atoms with E-state index in [1.54, 1.807) is 51.6 Å². The molecule has 158 valence electrons. The van der Waals surface area contributed by atoms with Crippen LogP contribution in [0.1, 0.15) is 31.9 Å². The molecular weight excluding hydrogens is 394 g/mol. The highest BCUT2D eigenvalue weighted by Crippen LogP contribution is 2.36. The van der Waals surface area contributed by atoms with E-state index in [1.807, 2.05) is 19.1 Å². The van der Waals surface area contributed by atoms with Gasteiger partial charge in [0.25, 0.3) is 5.91 Å². The third-order valence-electron chi connectivity index (χ3n) is 5.42. The van der Waals surface area contributed by atoms with Crippen LogP contribution in [0.25, 0.3) is 16.8 Å². The number of carbonyl (C=O) groups excluding carboxylic acids is 2. The Balaban J connectivity index is 1.70. The molecule has 0 bridgehead atoms. The number of hydrogen-bond acceptors (Lipinski definition) is 6. The second-order valence-corrected chi connectivity index (χ2v) is 7.95. The number of carbonyl (C=O) groups is 2. The van der Waals surface area contributed by atoms with Crippen molar-refractivity contribution in [2.24, 2.45) is 5.73 Å². The summed E-state index contributed by atoms with van der Waals surface area (Å²) in [5.74, 6) is -0.219. The van der Waals surface area contributed by atoms with E-state index in [9.17, 15) is 9.59 Å². The summed E-state index contributed by atoms with van der Waals surface area (Å²) in [6.07, 6.45) is 6.81. The number of nitrogens with one attached hydrogen (secondary N) is 2. The Bertz CT molecular complexity index is 1240. The van der Waals surface area contributed by atoms with E-state index < -0.39 is 11.4 Å². The molecule has 1 aliphatic rings. The predicted molar refractivity (Wildman–Crippen MR) is 118 cm³/mol. The van der Waals surface area contributed by atoms with Crippen molar-refractivity contribution in [3.63, 3.8) is 0 Å². The van der Waals surface area contributed by atoms with Gasteiger partial charge in [0.15, 0.2) is 5.82 Å². The Hall–Kier alpha value is -4.01. The van der Waals surface area contributed by atoms with E-state index in [-0.39, 0.29) is 5.91 Å². The number of amides is 2. The Morgan fingerprint density at radius 1 is 1.23 bits per heavy atom. The summed E-state index contributed by atoms with van der Waals surface area (Å²) < 4.78 is 1.49. The van der Waals surface area contributed by atoms with E-state index in [0.29, 0.717) is 22.8 Å². The fourth-order valence-electron chi connectivity index (χ4n) is 3.39. The van der Waals surface area contributed by atoms with E-state index in [4.69, 9.17) is 5.73 Å². The molecule has 0 aromatic carbocycles. The van der Waals surface area contributed by atoms with Gasteiger partial charge in [0.05, 0.1) is 23.2 Å². The van der Waals surface area contributed by atoms with Gasteiger partial charge in [0.1, 0.15) is 5.54 Å². The van der Waals surface area contributed by atoms with Crippen LogP contribution in [0.3, 0.4) is 0 Å². The summed E-state index contributed by atoms with van der Waals surface area (Å²) in [5, 5.41) is 10.4. The number of nitrogens with two attached hydrogens (primary N) is 1. The van der Waals surface area contributed by atoms with Crippen LogP contribution in [0.5, 0.6) is 0 Å². The Morgan fingerprint density at radius 3 is 2.71 bits per heavy atom. The van der Waals surface area contributed by atoms with E-state index in [1.165, 1.54) is 4.68 Å². The molecule has 9 heteroatoms. The molecule has 0 aliphatic carbocycles. The van der Waals surface area contributed by atoms with E-state index in [2.05, 4.69) is 25.7 Å². The van der Waals surface area contributed by atoms with Crippen LogP contribution in [-0.4, -0.2) is 31.6 Å². The molecule has 3 aromatic rings. The van der Waals surface area contributed by atoms with Gasteiger partial charge >= 0.3 is 0 Å². The summed E-state index contributed by atoms with van der Waals surface area (Å²) in [6.45, 7) is 7.17. The monoisotopic (exact) mass is 417 g/mol. The molecule has 31 heavy (non-hydrogen) atoms. The normalized spacial score (nSPS) is 14.8. The lowest BCUT2D eigenvalue weighted by Crippen LogP contribution is -2.41. The lowest BCUT2D eigenvalue weighted by atomic mass is 10.0. The van der Waals surface area contributed by atoms with Crippen molar-refractivity contribution >= 4 is 28.9 Å². The molecule has 4 heterocycles. The van der Waals surface area contributed by atoms with Crippen LogP contribution in [0, 0.1) is 6.92 Å². The third kappa shape index (κ3) is 3.54. The first-order chi connectivity index (χ1) is 14.7. The van der Waals surface area contributed by atoms with Crippen molar-refractivity contribution in [1.82, 2.24) is 19.7 Å². The second kappa shape index (κ2) is 7.35. The van der Waals surface area contributed by atoms with Gasteiger partial charge in [-0.3, -0.25) is 24.2 Å². The molecule has 1 aliphatic heterocycles. The molecule has 3 aromatic heterocycles. The molecule has 0 atom stereocenters. The zero-order valence-electron chi connectivity index (χ0n) is 17.7. The molecule has 9 nitrogen and oxygen atoms in total. The van der Waals surface area contributed by atoms with Gasteiger partial charge in [-0.05, 0) is 45.4 Å². The van der Waals surface area contributed by atoms with Gasteiger partial charge in [-0.1, -0.05) is 0 Å². The van der Waals surface area contributed by atoms with Crippen molar-refractivity contribution < 1.29 is 9.59 Å². The molecule has 0 fully saturated rings. The first-order valence-electron chi connectivity index (χ1n) is 9.75. The SMILES string of the molecule is C/C(Nc1ccn(C(C)(C)C(N)=O)n1)=C1/C(=O)Nc2cnc(-c3cnccc3C)cc21. The first-order valence-corrected chi connectivity index (χ1v) is 9.75. The Labute approximate surface area is 179 Å². The highest BCUT2D eigenvalue weighted by atomic mass is 16.2. The first kappa shape index (κ1) is 20.3. The van der Waals surface area contributed by atoms with Crippen LogP contribution in [-0.2, 0) is 15.1 Å². The summed E-state index contributed by atoms with van der Waals surface area (Å²) in [5.41, 5.74) is 9.70. The average molecular weight is 417 g/mol. The molecule has 4 rings (SSSR count). The lowest BCUT2D eigenvalue weighted by molar-refractivity contribution is -0.125. The molecule has 0 saturated heterocycles. The van der Waals surface area contributed by atoms with Crippen molar-refractivity contribution in [2.45, 2.75) is 33.2 Å². The van der Waals surface area contributed by atoms with E-state index >= 15 is 0 Å². The largest absolute Gasteiger partial charge is 0.368 e. The maximum atomic E-state index is 12.7. The van der Waals surface area contributed by atoms with Crippen LogP contribution < -0.4 is 16.4 Å². The van der Waals surface area contributed by atoms with E-state index in [0.717, 1.165) is 22.4 Å². The average Bonchev–Trinajstić information content (AvgIpc) is 3.31. The van der Waals surface area contributed by atoms with Crippen LogP contribution in [0.15, 0.2) is 48.7 Å². The van der Waals surface area contributed by atoms with Gasteiger partial charge < -0.3 is 16.4 Å². The zero-order valence-corrected chi connectivity index (χ0v) is 17.7. The highest BCUT2D eigenvalue weighted by molar-refractivity contribution is 6.32. The van der Waals surface area contributed by atoms with Gasteiger partial charge in [-0.15, -0.1) is 0 Å². The quantitative estimate of drug-likeness (QED) is 0.548. The maximum absolute atomic E-state index is 12.7. The number of rotatable bonds is 5. The maximum Gasteiger partial charge on any atom is 0.258 e. The summed E-state index contributed by atoms with van der Waals surface area (Å²) in [7, 11) is 0. The fourth-order valence-corrected chi connectivity index (χ4v) is 3.39. The number of fused-ring (bicyclic) bond motifs is 1. The van der Waals surface area contributed by atoms with Gasteiger partial charge in [0.2, 0.25) is 5.91 Å². The van der Waals surface area contributed by atoms with Gasteiger partial charge in [-0.25, -0.2) is 0 Å². The number of primary amides is 1. The second-order valence-electron chi connectivity index (χ2n) is 7.95. The summed E-state index contributed by atoms with van der Waals surface area (Å²) in [6, 6.07) is 5.52. The van der Waals surface area contributed by atoms with Gasteiger partial charge in [-0.2, -0.15) is 5.10 Å². The number of anilines is 2. The minimum Gasteiger partial charge on any atom is -0.368 e. The van der Waals surface area contributed by atoms with Crippen LogP contribution in [0.2, 0.25) is 0 Å². The van der Waals surface area contributed by atoms with Crippen LogP contribution >= 0.6 is 0 Å². The van der Waals surface area contributed by atoms with Crippen molar-refractivity contribution in [2.75, 3.05) is 10.6 Å². The van der Waals surface area contributed by atoms with Crippen LogP contribution in [0.4, 0.5) is 11.5 Å². The Morgan fingerprint density at radius 2 is 2.00 bits per heavy atom. The molecule has 0 saturated carbocycles. The summed E-state index contributed by atoms with van der Waals surface area (Å²) >= 11 is 0. The minimum absolute atomic E-state index is 0.223. The number of hydrogen-bond donors (Lipinski definition) is 3. The van der Waals surface area contributed by atoms with Crippen molar-refractivity contribution in [3.8, 4) is 11.3 Å². The lowest BCUT2D eigenvalue weighted by Gasteiger charge is -2.20. The molecule has 4 N–H and O–H groups in total. The minimum atomic E-state index is -0.972. The number of aromatic nitrogens is 4. The number of allylic oxidation sites excluding steroid dienone is 1. The number of aryl methyl sites for hydroxylation is 1. The summed E-state index contributed by atoms with van der Waals surface area (Å²) in [4.78, 5) is 33.0. The topological polar surface area (TPSA) is 128 Å². The van der Waals surface area contributed by atoms with Gasteiger partial charge in [0, 0.05) is 41.5 Å². The molecular formula is C22H23N7O2. The standard InChI is InChI=1S/C22H23N7O2/c1-12-5-7-24-10-15(12)16-9-14-17(11-25-16)27-20(30)19(14)13(2)26-18-6-8-29(28-18)22(3,4)21(23)31/h5-11H,1-4H3,(H2,23,31)(H,26,28)(H,27,30)/b19-13-. The number of pyridine rings is 2. The highest BCUT2D eigenvalue weighted by Gasteiger charge is 2.29. The molecule has 0 spiro atoms. The molecule has 0 unspecified atom stereocenters. The Kier molecular flexibility index (Phi) is 4.81. The fraction of sp³-hybridized carbons (Fsp3) is 0.227. The predicted octanol–water partition coefficient (Wildman–Crippen LogP) is 2.66. The molecule has 2 amide bonds. The zero-order chi connectivity index (χ0) is 22.3. The van der Waals surface area contributed by atoms with Crippen molar-refractivity contribution in [3.05, 3.63) is 59.8 Å². The molecule has 0 radical (unpaired) electrons.